The lowest BCUT2D eigenvalue weighted by Crippen LogP contribution is -2.44. The van der Waals surface area contributed by atoms with E-state index in [-0.39, 0.29) is 29.4 Å². The van der Waals surface area contributed by atoms with Crippen molar-refractivity contribution < 1.29 is 23.1 Å². The smallest absolute Gasteiger partial charge is 0.236 e. The van der Waals surface area contributed by atoms with Gasteiger partial charge < -0.3 is 9.16 Å². The first-order valence-electron chi connectivity index (χ1n) is 8.08. The number of hydrogen-bond donors (Lipinski definition) is 0. The largest absolute Gasteiger partial charge is 0.414 e. The van der Waals surface area contributed by atoms with E-state index in [1.807, 2.05) is 0 Å². The van der Waals surface area contributed by atoms with Crippen molar-refractivity contribution in [2.24, 2.45) is 0 Å². The maximum atomic E-state index is 14.6. The first-order valence-corrected chi connectivity index (χ1v) is 11.0. The molecule has 24 heavy (non-hydrogen) atoms. The molecular formula is C17H26FNO4Si. The summed E-state index contributed by atoms with van der Waals surface area (Å²) in [6.45, 7) is 14.6. The van der Waals surface area contributed by atoms with E-state index in [2.05, 4.69) is 40.4 Å². The van der Waals surface area contributed by atoms with Crippen LogP contribution in [0.4, 0.5) is 4.39 Å². The summed E-state index contributed by atoms with van der Waals surface area (Å²) in [7, 11) is -1.99. The Morgan fingerprint density at radius 1 is 1.42 bits per heavy atom. The molecule has 0 unspecified atom stereocenters. The van der Waals surface area contributed by atoms with Gasteiger partial charge in [0, 0.05) is 6.20 Å². The van der Waals surface area contributed by atoms with Gasteiger partial charge in [-0.25, -0.2) is 4.39 Å². The summed E-state index contributed by atoms with van der Waals surface area (Å²) in [5.74, 6) is -0.754. The van der Waals surface area contributed by atoms with Gasteiger partial charge in [-0.2, -0.15) is 0 Å². The maximum Gasteiger partial charge on any atom is 0.236 e. The average molecular weight is 355 g/mol. The van der Waals surface area contributed by atoms with Crippen LogP contribution in [0.15, 0.2) is 24.4 Å². The molecule has 0 bridgehead atoms. The Balaban J connectivity index is 2.05. The minimum absolute atomic E-state index is 0.0351. The van der Waals surface area contributed by atoms with Gasteiger partial charge in [-0.05, 0) is 29.8 Å². The van der Waals surface area contributed by atoms with Gasteiger partial charge in [0.1, 0.15) is 6.10 Å². The van der Waals surface area contributed by atoms with Crippen LogP contribution >= 0.6 is 0 Å². The molecule has 0 aromatic rings. The first kappa shape index (κ1) is 19.0. The van der Waals surface area contributed by atoms with Crippen LogP contribution in [0, 0.1) is 0 Å². The van der Waals surface area contributed by atoms with Crippen LogP contribution in [-0.2, 0) is 18.8 Å². The predicted octanol–water partition coefficient (Wildman–Crippen LogP) is 2.94. The molecule has 2 aliphatic rings. The quantitative estimate of drug-likeness (QED) is 0.442. The van der Waals surface area contributed by atoms with Crippen LogP contribution in [0.1, 0.15) is 27.2 Å². The highest BCUT2D eigenvalue weighted by molar-refractivity contribution is 6.74. The van der Waals surface area contributed by atoms with E-state index in [9.17, 15) is 14.0 Å². The van der Waals surface area contributed by atoms with Crippen LogP contribution in [0.5, 0.6) is 0 Å². The minimum Gasteiger partial charge on any atom is -0.414 e. The first-order chi connectivity index (χ1) is 10.9. The molecule has 3 atom stereocenters. The lowest BCUT2D eigenvalue weighted by atomic mass is 10.1. The molecule has 0 aliphatic carbocycles. The van der Waals surface area contributed by atoms with Crippen molar-refractivity contribution in [2.45, 2.75) is 63.8 Å². The number of hydrogen-bond acceptors (Lipinski definition) is 4. The highest BCUT2D eigenvalue weighted by Crippen LogP contribution is 2.38. The zero-order chi connectivity index (χ0) is 18.3. The number of carbonyl (C=O) groups excluding carboxylic acids is 2. The number of nitrogens with zero attached hydrogens (tertiary/aromatic N) is 1. The second kappa shape index (κ2) is 6.53. The van der Waals surface area contributed by atoms with Gasteiger partial charge in [0.15, 0.2) is 26.5 Å². The van der Waals surface area contributed by atoms with Crippen molar-refractivity contribution in [1.29, 1.82) is 0 Å². The molecule has 2 aliphatic heterocycles. The van der Waals surface area contributed by atoms with E-state index < -0.39 is 32.7 Å². The molecule has 0 N–H and O–H groups in total. The third-order valence-electron chi connectivity index (χ3n) is 5.03. The molecule has 1 fully saturated rings. The average Bonchev–Trinajstić information content (AvgIpc) is 2.72. The van der Waals surface area contributed by atoms with Crippen LogP contribution < -0.4 is 0 Å². The van der Waals surface area contributed by atoms with Gasteiger partial charge in [-0.1, -0.05) is 27.4 Å². The Morgan fingerprint density at radius 3 is 2.58 bits per heavy atom. The van der Waals surface area contributed by atoms with E-state index in [4.69, 9.17) is 9.16 Å². The Bertz CT molecular complexity index is 582. The summed E-state index contributed by atoms with van der Waals surface area (Å²) in [6.07, 6.45) is -0.893. The Morgan fingerprint density at radius 2 is 2.04 bits per heavy atom. The van der Waals surface area contributed by atoms with Crippen molar-refractivity contribution in [3.05, 3.63) is 24.4 Å². The second-order valence-corrected chi connectivity index (χ2v) is 12.6. The molecule has 0 aromatic heterocycles. The fraction of sp³-hybridized carbons (Fsp3) is 0.647. The summed E-state index contributed by atoms with van der Waals surface area (Å²) in [4.78, 5) is 24.3. The summed E-state index contributed by atoms with van der Waals surface area (Å²) >= 11 is 0. The van der Waals surface area contributed by atoms with Gasteiger partial charge in [-0.15, -0.1) is 0 Å². The Kier molecular flexibility index (Phi) is 5.18. The van der Waals surface area contributed by atoms with Crippen molar-refractivity contribution in [3.63, 3.8) is 0 Å². The molecule has 0 aromatic carbocycles. The summed E-state index contributed by atoms with van der Waals surface area (Å²) in [5, 5.41) is 0.0351. The SMILES string of the molecule is C=C1[C@H](CO[Si](C)(C)C(C)(C)C)O[C@H](N2C=CC(=O)CC2=O)[C@@H]1F. The number of allylic oxidation sites excluding steroid dienone is 1. The monoisotopic (exact) mass is 355 g/mol. The maximum absolute atomic E-state index is 14.6. The van der Waals surface area contributed by atoms with E-state index in [1.165, 1.54) is 12.3 Å². The van der Waals surface area contributed by atoms with Crippen molar-refractivity contribution >= 4 is 20.0 Å². The fourth-order valence-electron chi connectivity index (χ4n) is 2.31. The van der Waals surface area contributed by atoms with Crippen LogP contribution in [0.3, 0.4) is 0 Å². The summed E-state index contributed by atoms with van der Waals surface area (Å²) in [6, 6.07) is 0. The molecule has 1 saturated heterocycles. The van der Waals surface area contributed by atoms with Crippen LogP contribution in [0.25, 0.3) is 0 Å². The molecule has 0 saturated carbocycles. The molecule has 5 nitrogen and oxygen atoms in total. The summed E-state index contributed by atoms with van der Waals surface area (Å²) in [5.41, 5.74) is 0.275. The molecule has 7 heteroatoms. The van der Waals surface area contributed by atoms with E-state index in [1.54, 1.807) is 0 Å². The van der Waals surface area contributed by atoms with Crippen LogP contribution in [0.2, 0.25) is 18.1 Å². The van der Waals surface area contributed by atoms with Gasteiger partial charge in [0.25, 0.3) is 0 Å². The Hall–Kier alpha value is -1.31. The lowest BCUT2D eigenvalue weighted by molar-refractivity contribution is -0.146. The van der Waals surface area contributed by atoms with Gasteiger partial charge in [-0.3, -0.25) is 14.5 Å². The third kappa shape index (κ3) is 3.68. The van der Waals surface area contributed by atoms with E-state index in [0.29, 0.717) is 0 Å². The molecule has 2 rings (SSSR count). The highest BCUT2D eigenvalue weighted by atomic mass is 28.4. The number of halogens is 1. The van der Waals surface area contributed by atoms with E-state index in [0.717, 1.165) is 4.90 Å². The van der Waals surface area contributed by atoms with Crippen molar-refractivity contribution in [3.8, 4) is 0 Å². The Labute approximate surface area is 143 Å². The predicted molar refractivity (Wildman–Crippen MR) is 91.5 cm³/mol. The van der Waals surface area contributed by atoms with Gasteiger partial charge in [0.2, 0.25) is 5.91 Å². The number of carbonyl (C=O) groups is 2. The molecule has 0 radical (unpaired) electrons. The number of ketones is 1. The number of amides is 1. The van der Waals surface area contributed by atoms with Crippen LogP contribution in [-0.4, -0.2) is 50.0 Å². The zero-order valence-corrected chi connectivity index (χ0v) is 16.0. The van der Waals surface area contributed by atoms with Crippen molar-refractivity contribution in [1.82, 2.24) is 4.90 Å². The topological polar surface area (TPSA) is 55.8 Å². The third-order valence-corrected chi connectivity index (χ3v) is 9.53. The summed E-state index contributed by atoms with van der Waals surface area (Å²) < 4.78 is 26.4. The zero-order valence-electron chi connectivity index (χ0n) is 15.0. The van der Waals surface area contributed by atoms with Gasteiger partial charge in [0.05, 0.1) is 13.0 Å². The fourth-order valence-corrected chi connectivity index (χ4v) is 3.31. The minimum atomic E-state index is -1.99. The van der Waals surface area contributed by atoms with E-state index >= 15 is 0 Å². The number of rotatable bonds is 4. The standard InChI is InChI=1S/C17H26FNO4Si/c1-11-13(10-22-24(5,6)17(2,3)4)23-16(15(11)18)19-8-7-12(20)9-14(19)21/h7-8,13,15-16H,1,9-10H2,2-6H3/t13-,15+,16-/m0/s1. The van der Waals surface area contributed by atoms with Gasteiger partial charge >= 0.3 is 0 Å². The molecule has 2 heterocycles. The molecular weight excluding hydrogens is 329 g/mol. The molecule has 134 valence electrons. The number of alkyl halides is 1. The molecule has 1 amide bonds. The lowest BCUT2D eigenvalue weighted by Gasteiger charge is -2.37. The highest BCUT2D eigenvalue weighted by Gasteiger charge is 2.46. The molecule has 0 spiro atoms. The number of ether oxygens (including phenoxy) is 1. The van der Waals surface area contributed by atoms with Crippen molar-refractivity contribution in [2.75, 3.05) is 6.61 Å². The second-order valence-electron chi connectivity index (χ2n) is 7.82. The normalized spacial score (nSPS) is 28.8.